The van der Waals surface area contributed by atoms with Crippen LogP contribution in [0.4, 0.5) is 0 Å². The summed E-state index contributed by atoms with van der Waals surface area (Å²) in [5, 5.41) is 3.18. The highest BCUT2D eigenvalue weighted by Gasteiger charge is 2.29. The van der Waals surface area contributed by atoms with Crippen molar-refractivity contribution in [3.63, 3.8) is 0 Å². The van der Waals surface area contributed by atoms with Crippen LogP contribution in [0.5, 0.6) is 0 Å². The topological polar surface area (TPSA) is 52.7 Å². The van der Waals surface area contributed by atoms with Crippen LogP contribution >= 0.6 is 0 Å². The highest BCUT2D eigenvalue weighted by Crippen LogP contribution is 2.11. The summed E-state index contributed by atoms with van der Waals surface area (Å²) in [5.41, 5.74) is 0. The predicted molar refractivity (Wildman–Crippen MR) is 70.1 cm³/mol. The second kappa shape index (κ2) is 7.31. The van der Waals surface area contributed by atoms with Crippen LogP contribution in [0.3, 0.4) is 0 Å². The van der Waals surface area contributed by atoms with Crippen molar-refractivity contribution in [2.45, 2.75) is 33.1 Å². The van der Waals surface area contributed by atoms with Gasteiger partial charge >= 0.3 is 0 Å². The van der Waals surface area contributed by atoms with Crippen molar-refractivity contribution >= 4 is 10.2 Å². The van der Waals surface area contributed by atoms with Crippen LogP contribution in [0, 0.1) is 0 Å². The summed E-state index contributed by atoms with van der Waals surface area (Å²) < 4.78 is 28.1. The van der Waals surface area contributed by atoms with Gasteiger partial charge in [-0.3, -0.25) is 0 Å². The van der Waals surface area contributed by atoms with Crippen molar-refractivity contribution in [3.05, 3.63) is 0 Å². The van der Waals surface area contributed by atoms with Gasteiger partial charge in [0.15, 0.2) is 0 Å². The number of nitrogens with one attached hydrogen (secondary N) is 1. The molecule has 6 heteroatoms. The van der Waals surface area contributed by atoms with Gasteiger partial charge in [0.1, 0.15) is 0 Å². The summed E-state index contributed by atoms with van der Waals surface area (Å²) >= 11 is 0. The van der Waals surface area contributed by atoms with E-state index in [2.05, 4.69) is 12.2 Å². The van der Waals surface area contributed by atoms with E-state index in [-0.39, 0.29) is 0 Å². The van der Waals surface area contributed by atoms with E-state index in [0.717, 1.165) is 32.4 Å². The van der Waals surface area contributed by atoms with Gasteiger partial charge in [-0.25, -0.2) is 0 Å². The van der Waals surface area contributed by atoms with Crippen molar-refractivity contribution in [1.82, 2.24) is 13.9 Å². The molecule has 0 spiro atoms. The number of hydrogen-bond donors (Lipinski definition) is 1. The van der Waals surface area contributed by atoms with Crippen LogP contribution in [0.15, 0.2) is 0 Å². The molecule has 0 aromatic rings. The van der Waals surface area contributed by atoms with Gasteiger partial charge in [0.05, 0.1) is 0 Å². The zero-order valence-electron chi connectivity index (χ0n) is 11.0. The predicted octanol–water partition coefficient (Wildman–Crippen LogP) is 0.649. The molecule has 1 saturated heterocycles. The normalized spacial score (nSPS) is 18.8. The van der Waals surface area contributed by atoms with Crippen molar-refractivity contribution in [2.24, 2.45) is 0 Å². The van der Waals surface area contributed by atoms with E-state index in [9.17, 15) is 8.42 Å². The highest BCUT2D eigenvalue weighted by molar-refractivity contribution is 7.86. The molecule has 0 atom stereocenters. The number of nitrogens with zero attached hydrogens (tertiary/aromatic N) is 2. The molecule has 5 nitrogen and oxygen atoms in total. The molecular weight excluding hydrogens is 238 g/mol. The van der Waals surface area contributed by atoms with E-state index in [1.54, 1.807) is 8.61 Å². The van der Waals surface area contributed by atoms with Gasteiger partial charge in [-0.15, -0.1) is 0 Å². The third-order valence-corrected chi connectivity index (χ3v) is 5.00. The lowest BCUT2D eigenvalue weighted by atomic mass is 10.3. The largest absolute Gasteiger partial charge is 0.314 e. The second-order valence-electron chi connectivity index (χ2n) is 4.41. The summed E-state index contributed by atoms with van der Waals surface area (Å²) in [6, 6.07) is 0. The van der Waals surface area contributed by atoms with Gasteiger partial charge in [0.25, 0.3) is 10.2 Å². The van der Waals surface area contributed by atoms with Crippen LogP contribution in [-0.2, 0) is 10.2 Å². The average Bonchev–Trinajstić information content (AvgIpc) is 2.35. The number of hydrogen-bond acceptors (Lipinski definition) is 3. The first-order valence-electron chi connectivity index (χ1n) is 6.58. The molecule has 1 rings (SSSR count). The van der Waals surface area contributed by atoms with Crippen molar-refractivity contribution < 1.29 is 8.42 Å². The second-order valence-corrected chi connectivity index (χ2v) is 6.34. The lowest BCUT2D eigenvalue weighted by molar-refractivity contribution is 0.308. The van der Waals surface area contributed by atoms with Gasteiger partial charge in [-0.1, -0.05) is 20.3 Å². The molecule has 1 fully saturated rings. The monoisotopic (exact) mass is 263 g/mol. The molecule has 0 saturated carbocycles. The number of piperazine rings is 1. The van der Waals surface area contributed by atoms with Crippen LogP contribution in [0.2, 0.25) is 0 Å². The molecule has 0 aromatic carbocycles. The van der Waals surface area contributed by atoms with E-state index >= 15 is 0 Å². The Bertz CT molecular complexity index is 300. The SMILES string of the molecule is CCCCN(CCC)S(=O)(=O)N1CCNCC1. The molecular formula is C11H25N3O2S. The molecule has 1 heterocycles. The number of unbranched alkanes of at least 4 members (excludes halogenated alkanes) is 1. The molecule has 0 aliphatic carbocycles. The molecule has 102 valence electrons. The van der Waals surface area contributed by atoms with Gasteiger partial charge < -0.3 is 5.32 Å². The fourth-order valence-electron chi connectivity index (χ4n) is 1.96. The Hall–Kier alpha value is -0.170. The van der Waals surface area contributed by atoms with E-state index in [0.29, 0.717) is 26.2 Å². The fraction of sp³-hybridized carbons (Fsp3) is 1.00. The van der Waals surface area contributed by atoms with E-state index in [1.807, 2.05) is 6.92 Å². The van der Waals surface area contributed by atoms with Gasteiger partial charge in [0.2, 0.25) is 0 Å². The quantitative estimate of drug-likeness (QED) is 0.734. The van der Waals surface area contributed by atoms with Gasteiger partial charge in [0, 0.05) is 39.3 Å². The first-order chi connectivity index (χ1) is 8.12. The molecule has 1 aliphatic rings. The van der Waals surface area contributed by atoms with Crippen LogP contribution in [-0.4, -0.2) is 56.3 Å². The van der Waals surface area contributed by atoms with Crippen molar-refractivity contribution in [3.8, 4) is 0 Å². The van der Waals surface area contributed by atoms with Crippen LogP contribution in [0.1, 0.15) is 33.1 Å². The molecule has 0 bridgehead atoms. The Morgan fingerprint density at radius 1 is 1.12 bits per heavy atom. The number of rotatable bonds is 7. The molecule has 0 radical (unpaired) electrons. The Kier molecular flexibility index (Phi) is 6.40. The Labute approximate surface area is 105 Å². The average molecular weight is 263 g/mol. The van der Waals surface area contributed by atoms with Crippen molar-refractivity contribution in [2.75, 3.05) is 39.3 Å². The maximum atomic E-state index is 12.4. The standard InChI is InChI=1S/C11H25N3O2S/c1-3-5-9-13(8-4-2)17(15,16)14-10-6-12-7-11-14/h12H,3-11H2,1-2H3. The molecule has 1 aliphatic heterocycles. The maximum Gasteiger partial charge on any atom is 0.282 e. The highest BCUT2D eigenvalue weighted by atomic mass is 32.2. The fourth-order valence-corrected chi connectivity index (χ4v) is 3.71. The first kappa shape index (κ1) is 14.9. The Balaban J connectivity index is 2.67. The molecule has 0 amide bonds. The molecule has 0 aromatic heterocycles. The lowest BCUT2D eigenvalue weighted by Crippen LogP contribution is -2.52. The minimum Gasteiger partial charge on any atom is -0.314 e. The molecule has 17 heavy (non-hydrogen) atoms. The Morgan fingerprint density at radius 2 is 1.76 bits per heavy atom. The Morgan fingerprint density at radius 3 is 2.29 bits per heavy atom. The lowest BCUT2D eigenvalue weighted by Gasteiger charge is -2.32. The minimum atomic E-state index is -3.23. The summed E-state index contributed by atoms with van der Waals surface area (Å²) in [4.78, 5) is 0. The minimum absolute atomic E-state index is 0.592. The first-order valence-corrected chi connectivity index (χ1v) is 7.98. The third-order valence-electron chi connectivity index (χ3n) is 2.96. The van der Waals surface area contributed by atoms with Gasteiger partial charge in [-0.2, -0.15) is 17.0 Å². The van der Waals surface area contributed by atoms with Crippen LogP contribution in [0.25, 0.3) is 0 Å². The molecule has 1 N–H and O–H groups in total. The van der Waals surface area contributed by atoms with Crippen molar-refractivity contribution in [1.29, 1.82) is 0 Å². The summed E-state index contributed by atoms with van der Waals surface area (Å²) in [5.74, 6) is 0. The summed E-state index contributed by atoms with van der Waals surface area (Å²) in [6.45, 7) is 8.08. The maximum absolute atomic E-state index is 12.4. The third kappa shape index (κ3) is 4.21. The van der Waals surface area contributed by atoms with Crippen LogP contribution < -0.4 is 5.32 Å². The zero-order valence-corrected chi connectivity index (χ0v) is 11.8. The molecule has 0 unspecified atom stereocenters. The smallest absolute Gasteiger partial charge is 0.282 e. The van der Waals surface area contributed by atoms with E-state index in [4.69, 9.17) is 0 Å². The zero-order chi connectivity index (χ0) is 12.7. The summed E-state index contributed by atoms with van der Waals surface area (Å²) in [7, 11) is -3.23. The van der Waals surface area contributed by atoms with Gasteiger partial charge in [-0.05, 0) is 12.8 Å². The van der Waals surface area contributed by atoms with E-state index < -0.39 is 10.2 Å². The summed E-state index contributed by atoms with van der Waals surface area (Å²) in [6.07, 6.45) is 2.83. The van der Waals surface area contributed by atoms with E-state index in [1.165, 1.54) is 0 Å².